The van der Waals surface area contributed by atoms with Crippen LogP contribution in [0.3, 0.4) is 0 Å². The molecule has 112 valence electrons. The highest BCUT2D eigenvalue weighted by Crippen LogP contribution is 2.26. The second-order valence-corrected chi connectivity index (χ2v) is 6.31. The smallest absolute Gasteiger partial charge is 0.412 e. The third-order valence-corrected chi connectivity index (χ3v) is 2.87. The molecule has 0 atom stereocenters. The summed E-state index contributed by atoms with van der Waals surface area (Å²) in [6.45, 7) is 8.06. The monoisotopic (exact) mass is 343 g/mol. The summed E-state index contributed by atoms with van der Waals surface area (Å²) in [5.41, 5.74) is 1.18. The highest BCUT2D eigenvalue weighted by molar-refractivity contribution is 9.09. The fourth-order valence-corrected chi connectivity index (χ4v) is 1.73. The molecule has 4 nitrogen and oxygen atoms in total. The Morgan fingerprint density at radius 2 is 2.05 bits per heavy atom. The van der Waals surface area contributed by atoms with Crippen molar-refractivity contribution in [3.8, 4) is 5.75 Å². The van der Waals surface area contributed by atoms with E-state index in [0.717, 1.165) is 17.3 Å². The predicted molar refractivity (Wildman–Crippen MR) is 84.9 cm³/mol. The van der Waals surface area contributed by atoms with Crippen LogP contribution in [-0.2, 0) is 4.74 Å². The Labute approximate surface area is 129 Å². The second kappa shape index (κ2) is 7.53. The SMILES string of the molecule is Cc1ccc(NC(=O)OC(C)(C)C)c(OCCCBr)c1. The van der Waals surface area contributed by atoms with Crippen LogP contribution in [0.4, 0.5) is 10.5 Å². The molecule has 1 aromatic rings. The summed E-state index contributed by atoms with van der Waals surface area (Å²) in [6.07, 6.45) is 0.423. The quantitative estimate of drug-likeness (QED) is 0.632. The van der Waals surface area contributed by atoms with E-state index in [1.165, 1.54) is 0 Å². The standard InChI is InChI=1S/C15H22BrNO3/c1-11-6-7-12(13(10-11)19-9-5-8-16)17-14(18)20-15(2,3)4/h6-7,10H,5,8-9H2,1-4H3,(H,17,18). The fraction of sp³-hybridized carbons (Fsp3) is 0.533. The summed E-state index contributed by atoms with van der Waals surface area (Å²) in [7, 11) is 0. The van der Waals surface area contributed by atoms with Gasteiger partial charge in [0.15, 0.2) is 0 Å². The van der Waals surface area contributed by atoms with Crippen molar-refractivity contribution in [1.29, 1.82) is 0 Å². The van der Waals surface area contributed by atoms with Gasteiger partial charge in [0.25, 0.3) is 0 Å². The van der Waals surface area contributed by atoms with Gasteiger partial charge in [-0.1, -0.05) is 22.0 Å². The number of aryl methyl sites for hydroxylation is 1. The number of anilines is 1. The molecule has 1 amide bonds. The van der Waals surface area contributed by atoms with Gasteiger partial charge in [0.05, 0.1) is 12.3 Å². The van der Waals surface area contributed by atoms with Gasteiger partial charge in [-0.05, 0) is 51.8 Å². The Morgan fingerprint density at radius 3 is 2.65 bits per heavy atom. The maximum Gasteiger partial charge on any atom is 0.412 e. The number of halogens is 1. The number of hydrogen-bond acceptors (Lipinski definition) is 3. The Hall–Kier alpha value is -1.23. The lowest BCUT2D eigenvalue weighted by molar-refractivity contribution is 0.0635. The van der Waals surface area contributed by atoms with Gasteiger partial charge in [-0.25, -0.2) is 4.79 Å². The molecular formula is C15H22BrNO3. The van der Waals surface area contributed by atoms with Gasteiger partial charge in [0.2, 0.25) is 0 Å². The minimum atomic E-state index is -0.522. The van der Waals surface area contributed by atoms with Gasteiger partial charge in [0, 0.05) is 5.33 Å². The van der Waals surface area contributed by atoms with E-state index < -0.39 is 11.7 Å². The predicted octanol–water partition coefficient (Wildman–Crippen LogP) is 4.51. The first kappa shape index (κ1) is 16.8. The highest BCUT2D eigenvalue weighted by atomic mass is 79.9. The van der Waals surface area contributed by atoms with Crippen LogP contribution in [0, 0.1) is 6.92 Å². The molecule has 0 bridgehead atoms. The van der Waals surface area contributed by atoms with Gasteiger partial charge in [0.1, 0.15) is 11.4 Å². The van der Waals surface area contributed by atoms with Crippen molar-refractivity contribution in [2.75, 3.05) is 17.3 Å². The lowest BCUT2D eigenvalue weighted by atomic mass is 10.2. The first-order valence-electron chi connectivity index (χ1n) is 6.61. The van der Waals surface area contributed by atoms with Gasteiger partial charge in [-0.2, -0.15) is 0 Å². The summed E-state index contributed by atoms with van der Waals surface area (Å²) >= 11 is 3.36. The highest BCUT2D eigenvalue weighted by Gasteiger charge is 2.17. The van der Waals surface area contributed by atoms with E-state index in [1.807, 2.05) is 45.9 Å². The first-order valence-corrected chi connectivity index (χ1v) is 7.73. The summed E-state index contributed by atoms with van der Waals surface area (Å²) in [5.74, 6) is 0.664. The van der Waals surface area contributed by atoms with Crippen LogP contribution in [0.2, 0.25) is 0 Å². The molecule has 0 saturated carbocycles. The normalized spacial score (nSPS) is 11.1. The first-order chi connectivity index (χ1) is 9.31. The largest absolute Gasteiger partial charge is 0.491 e. The van der Waals surface area contributed by atoms with E-state index in [-0.39, 0.29) is 0 Å². The molecular weight excluding hydrogens is 322 g/mol. The van der Waals surface area contributed by atoms with Gasteiger partial charge in [-0.3, -0.25) is 5.32 Å². The third kappa shape index (κ3) is 6.28. The average molecular weight is 344 g/mol. The Bertz CT molecular complexity index is 455. The van der Waals surface area contributed by atoms with Crippen LogP contribution in [0.15, 0.2) is 18.2 Å². The molecule has 0 radical (unpaired) electrons. The lowest BCUT2D eigenvalue weighted by Crippen LogP contribution is -2.27. The van der Waals surface area contributed by atoms with E-state index >= 15 is 0 Å². The van der Waals surface area contributed by atoms with E-state index in [4.69, 9.17) is 9.47 Å². The molecule has 0 aliphatic carbocycles. The second-order valence-electron chi connectivity index (χ2n) is 5.52. The van der Waals surface area contributed by atoms with Crippen LogP contribution in [0.5, 0.6) is 5.75 Å². The number of amides is 1. The maximum absolute atomic E-state index is 11.8. The number of alkyl halides is 1. The van der Waals surface area contributed by atoms with Crippen molar-refractivity contribution in [2.24, 2.45) is 0 Å². The zero-order chi connectivity index (χ0) is 15.2. The van der Waals surface area contributed by atoms with Gasteiger partial charge < -0.3 is 9.47 Å². The van der Waals surface area contributed by atoms with Crippen molar-refractivity contribution in [3.63, 3.8) is 0 Å². The Morgan fingerprint density at radius 1 is 1.35 bits per heavy atom. The van der Waals surface area contributed by atoms with Crippen LogP contribution in [-0.4, -0.2) is 23.6 Å². The molecule has 0 unspecified atom stereocenters. The third-order valence-electron chi connectivity index (χ3n) is 2.31. The average Bonchev–Trinajstić information content (AvgIpc) is 2.30. The Balaban J connectivity index is 2.75. The minimum Gasteiger partial charge on any atom is -0.491 e. The molecule has 0 saturated heterocycles. The maximum atomic E-state index is 11.8. The van der Waals surface area contributed by atoms with Crippen molar-refractivity contribution in [3.05, 3.63) is 23.8 Å². The fourth-order valence-electron chi connectivity index (χ4n) is 1.50. The van der Waals surface area contributed by atoms with E-state index in [0.29, 0.717) is 18.0 Å². The molecule has 0 aliphatic heterocycles. The van der Waals surface area contributed by atoms with Crippen LogP contribution in [0.1, 0.15) is 32.8 Å². The van der Waals surface area contributed by atoms with Gasteiger partial charge >= 0.3 is 6.09 Å². The van der Waals surface area contributed by atoms with Crippen LogP contribution >= 0.6 is 15.9 Å². The summed E-state index contributed by atoms with van der Waals surface area (Å²) in [6, 6.07) is 5.65. The molecule has 0 aromatic heterocycles. The topological polar surface area (TPSA) is 47.6 Å². The van der Waals surface area contributed by atoms with Gasteiger partial charge in [-0.15, -0.1) is 0 Å². The number of rotatable bonds is 5. The molecule has 0 spiro atoms. The summed E-state index contributed by atoms with van der Waals surface area (Å²) < 4.78 is 10.9. The number of nitrogens with one attached hydrogen (secondary N) is 1. The number of benzene rings is 1. The van der Waals surface area contributed by atoms with Crippen molar-refractivity contribution in [1.82, 2.24) is 0 Å². The lowest BCUT2D eigenvalue weighted by Gasteiger charge is -2.20. The Kier molecular flexibility index (Phi) is 6.33. The molecule has 0 heterocycles. The molecule has 0 aliphatic rings. The minimum absolute atomic E-state index is 0.480. The van der Waals surface area contributed by atoms with Crippen molar-refractivity contribution in [2.45, 2.75) is 39.7 Å². The molecule has 0 fully saturated rings. The molecule has 5 heteroatoms. The van der Waals surface area contributed by atoms with E-state index in [9.17, 15) is 4.79 Å². The van der Waals surface area contributed by atoms with E-state index in [1.54, 1.807) is 0 Å². The molecule has 1 N–H and O–H groups in total. The zero-order valence-electron chi connectivity index (χ0n) is 12.5. The van der Waals surface area contributed by atoms with Crippen LogP contribution in [0.25, 0.3) is 0 Å². The zero-order valence-corrected chi connectivity index (χ0v) is 14.0. The number of carbonyl (C=O) groups is 1. The van der Waals surface area contributed by atoms with E-state index in [2.05, 4.69) is 21.2 Å². The van der Waals surface area contributed by atoms with Crippen molar-refractivity contribution < 1.29 is 14.3 Å². The van der Waals surface area contributed by atoms with Crippen molar-refractivity contribution >= 4 is 27.7 Å². The number of ether oxygens (including phenoxy) is 2. The number of hydrogen-bond donors (Lipinski definition) is 1. The summed E-state index contributed by atoms with van der Waals surface area (Å²) in [4.78, 5) is 11.8. The van der Waals surface area contributed by atoms with Crippen LogP contribution < -0.4 is 10.1 Å². The molecule has 1 aromatic carbocycles. The number of carbonyl (C=O) groups excluding carboxylic acids is 1. The molecule has 20 heavy (non-hydrogen) atoms. The summed E-state index contributed by atoms with van der Waals surface area (Å²) in [5, 5.41) is 3.61. The molecule has 1 rings (SSSR count).